The summed E-state index contributed by atoms with van der Waals surface area (Å²) >= 11 is 7.35. The van der Waals surface area contributed by atoms with Gasteiger partial charge < -0.3 is 15.4 Å². The summed E-state index contributed by atoms with van der Waals surface area (Å²) in [7, 11) is 1.56. The van der Waals surface area contributed by atoms with Crippen molar-refractivity contribution >= 4 is 46.6 Å². The number of benzene rings is 3. The predicted molar refractivity (Wildman–Crippen MR) is 123 cm³/mol. The van der Waals surface area contributed by atoms with E-state index in [1.165, 1.54) is 11.8 Å². The number of halogens is 1. The van der Waals surface area contributed by atoms with Crippen LogP contribution in [0, 0.1) is 0 Å². The van der Waals surface area contributed by atoms with Gasteiger partial charge in [-0.3, -0.25) is 9.59 Å². The highest BCUT2D eigenvalue weighted by Crippen LogP contribution is 2.28. The first-order valence-electron chi connectivity index (χ1n) is 9.24. The first kappa shape index (κ1) is 21.7. The van der Waals surface area contributed by atoms with Crippen LogP contribution in [0.15, 0.2) is 77.7 Å². The Balaban J connectivity index is 1.64. The van der Waals surface area contributed by atoms with Gasteiger partial charge in [-0.2, -0.15) is 0 Å². The molecule has 0 aliphatic heterocycles. The zero-order valence-electron chi connectivity index (χ0n) is 16.5. The topological polar surface area (TPSA) is 67.4 Å². The summed E-state index contributed by atoms with van der Waals surface area (Å²) in [6.07, 6.45) is 0. The van der Waals surface area contributed by atoms with Crippen LogP contribution in [0.5, 0.6) is 5.75 Å². The SMILES string of the molecule is COc1ccccc1NC(=O)C(C)Sc1cccc(NC(=O)c2cccc(Cl)c2)c1. The van der Waals surface area contributed by atoms with Crippen LogP contribution in [0.1, 0.15) is 17.3 Å². The molecular weight excluding hydrogens is 420 g/mol. The lowest BCUT2D eigenvalue weighted by atomic mass is 10.2. The highest BCUT2D eigenvalue weighted by Gasteiger charge is 2.16. The highest BCUT2D eigenvalue weighted by atomic mass is 35.5. The van der Waals surface area contributed by atoms with Crippen LogP contribution in [0.2, 0.25) is 5.02 Å². The van der Waals surface area contributed by atoms with Crippen molar-refractivity contribution in [1.29, 1.82) is 0 Å². The van der Waals surface area contributed by atoms with E-state index in [-0.39, 0.29) is 17.1 Å². The largest absolute Gasteiger partial charge is 0.495 e. The Hall–Kier alpha value is -2.96. The molecule has 0 fully saturated rings. The normalized spacial score (nSPS) is 11.4. The van der Waals surface area contributed by atoms with Gasteiger partial charge in [0.05, 0.1) is 18.0 Å². The summed E-state index contributed by atoms with van der Waals surface area (Å²) in [6.45, 7) is 1.83. The minimum absolute atomic E-state index is 0.141. The van der Waals surface area contributed by atoms with E-state index < -0.39 is 0 Å². The molecule has 0 saturated heterocycles. The smallest absolute Gasteiger partial charge is 0.255 e. The number of rotatable bonds is 7. The van der Waals surface area contributed by atoms with Gasteiger partial charge in [0.2, 0.25) is 5.91 Å². The number of carbonyl (C=O) groups excluding carboxylic acids is 2. The van der Waals surface area contributed by atoms with E-state index in [2.05, 4.69) is 10.6 Å². The zero-order valence-corrected chi connectivity index (χ0v) is 18.1. The van der Waals surface area contributed by atoms with Gasteiger partial charge >= 0.3 is 0 Å². The fraction of sp³-hybridized carbons (Fsp3) is 0.130. The third-order valence-electron chi connectivity index (χ3n) is 4.23. The molecule has 154 valence electrons. The Labute approximate surface area is 184 Å². The molecule has 0 saturated carbocycles. The number of para-hydroxylation sites is 2. The van der Waals surface area contributed by atoms with E-state index in [0.717, 1.165) is 4.90 Å². The Morgan fingerprint density at radius 1 is 0.967 bits per heavy atom. The monoisotopic (exact) mass is 440 g/mol. The molecule has 1 unspecified atom stereocenters. The van der Waals surface area contributed by atoms with Crippen LogP contribution in [0.3, 0.4) is 0 Å². The lowest BCUT2D eigenvalue weighted by Gasteiger charge is -2.14. The van der Waals surface area contributed by atoms with E-state index in [4.69, 9.17) is 16.3 Å². The van der Waals surface area contributed by atoms with Gasteiger partial charge in [-0.1, -0.05) is 35.9 Å². The molecule has 3 aromatic rings. The maximum atomic E-state index is 12.6. The van der Waals surface area contributed by atoms with E-state index in [1.807, 2.05) is 37.3 Å². The van der Waals surface area contributed by atoms with E-state index in [0.29, 0.717) is 27.7 Å². The van der Waals surface area contributed by atoms with Gasteiger partial charge in [-0.15, -0.1) is 11.8 Å². The van der Waals surface area contributed by atoms with Crippen LogP contribution in [-0.2, 0) is 4.79 Å². The van der Waals surface area contributed by atoms with Gasteiger partial charge in [0.15, 0.2) is 0 Å². The number of carbonyl (C=O) groups is 2. The molecule has 3 rings (SSSR count). The lowest BCUT2D eigenvalue weighted by molar-refractivity contribution is -0.115. The maximum Gasteiger partial charge on any atom is 0.255 e. The summed E-state index contributed by atoms with van der Waals surface area (Å²) in [5.41, 5.74) is 1.74. The molecule has 1 atom stereocenters. The molecule has 2 amide bonds. The lowest BCUT2D eigenvalue weighted by Crippen LogP contribution is -2.22. The molecule has 0 spiro atoms. The molecule has 30 heavy (non-hydrogen) atoms. The van der Waals surface area contributed by atoms with Crippen LogP contribution < -0.4 is 15.4 Å². The second-order valence-electron chi connectivity index (χ2n) is 6.44. The third-order valence-corrected chi connectivity index (χ3v) is 5.55. The van der Waals surface area contributed by atoms with Crippen molar-refractivity contribution in [2.45, 2.75) is 17.1 Å². The minimum Gasteiger partial charge on any atom is -0.495 e. The first-order chi connectivity index (χ1) is 14.5. The standard InChI is InChI=1S/C23H21ClN2O3S/c1-15(22(27)26-20-11-3-4-12-21(20)29-2)30-19-10-6-9-18(14-19)25-23(28)16-7-5-8-17(24)13-16/h3-15H,1-2H3,(H,25,28)(H,26,27). The van der Waals surface area contributed by atoms with E-state index in [1.54, 1.807) is 49.6 Å². The maximum absolute atomic E-state index is 12.6. The molecule has 0 radical (unpaired) electrons. The molecule has 0 bridgehead atoms. The fourth-order valence-corrected chi connectivity index (χ4v) is 3.84. The summed E-state index contributed by atoms with van der Waals surface area (Å²) in [5, 5.41) is 5.89. The van der Waals surface area contributed by atoms with Gasteiger partial charge in [-0.05, 0) is 55.5 Å². The number of anilines is 2. The van der Waals surface area contributed by atoms with Crippen molar-refractivity contribution in [3.05, 3.63) is 83.4 Å². The van der Waals surface area contributed by atoms with Crippen molar-refractivity contribution in [2.75, 3.05) is 17.7 Å². The summed E-state index contributed by atoms with van der Waals surface area (Å²) in [6, 6.07) is 21.4. The van der Waals surface area contributed by atoms with Crippen molar-refractivity contribution < 1.29 is 14.3 Å². The Bertz CT molecular complexity index is 1060. The molecule has 7 heteroatoms. The Morgan fingerprint density at radius 3 is 2.50 bits per heavy atom. The van der Waals surface area contributed by atoms with Crippen molar-refractivity contribution in [1.82, 2.24) is 0 Å². The number of nitrogens with one attached hydrogen (secondary N) is 2. The predicted octanol–water partition coefficient (Wildman–Crippen LogP) is 5.72. The summed E-state index contributed by atoms with van der Waals surface area (Å²) in [4.78, 5) is 25.9. The van der Waals surface area contributed by atoms with Crippen molar-refractivity contribution in [3.63, 3.8) is 0 Å². The second kappa shape index (κ2) is 10.2. The fourth-order valence-electron chi connectivity index (χ4n) is 2.72. The van der Waals surface area contributed by atoms with Gasteiger partial charge in [0.25, 0.3) is 5.91 Å². The van der Waals surface area contributed by atoms with Crippen LogP contribution in [-0.4, -0.2) is 24.2 Å². The highest BCUT2D eigenvalue weighted by molar-refractivity contribution is 8.00. The number of hydrogen-bond donors (Lipinski definition) is 2. The summed E-state index contributed by atoms with van der Waals surface area (Å²) in [5.74, 6) is 0.216. The average molecular weight is 441 g/mol. The molecule has 0 heterocycles. The molecule has 3 aromatic carbocycles. The Kier molecular flexibility index (Phi) is 7.38. The number of thioether (sulfide) groups is 1. The summed E-state index contributed by atoms with van der Waals surface area (Å²) < 4.78 is 5.27. The molecule has 0 aromatic heterocycles. The van der Waals surface area contributed by atoms with Crippen LogP contribution in [0.4, 0.5) is 11.4 Å². The second-order valence-corrected chi connectivity index (χ2v) is 8.29. The first-order valence-corrected chi connectivity index (χ1v) is 10.5. The third kappa shape index (κ3) is 5.78. The van der Waals surface area contributed by atoms with Gasteiger partial charge in [-0.25, -0.2) is 0 Å². The molecule has 0 aliphatic carbocycles. The molecule has 2 N–H and O–H groups in total. The van der Waals surface area contributed by atoms with Crippen molar-refractivity contribution in [2.24, 2.45) is 0 Å². The van der Waals surface area contributed by atoms with Crippen molar-refractivity contribution in [3.8, 4) is 5.75 Å². The average Bonchev–Trinajstić information content (AvgIpc) is 2.74. The quantitative estimate of drug-likeness (QED) is 0.461. The van der Waals surface area contributed by atoms with E-state index >= 15 is 0 Å². The zero-order chi connectivity index (χ0) is 21.5. The molecular formula is C23H21ClN2O3S. The molecule has 0 aliphatic rings. The number of ether oxygens (including phenoxy) is 1. The minimum atomic E-state index is -0.353. The number of amides is 2. The Morgan fingerprint density at radius 2 is 1.73 bits per heavy atom. The van der Waals surface area contributed by atoms with Gasteiger partial charge in [0.1, 0.15) is 5.75 Å². The molecule has 5 nitrogen and oxygen atoms in total. The number of methoxy groups -OCH3 is 1. The number of hydrogen-bond acceptors (Lipinski definition) is 4. The van der Waals surface area contributed by atoms with Crippen LogP contribution in [0.25, 0.3) is 0 Å². The van der Waals surface area contributed by atoms with Gasteiger partial charge in [0, 0.05) is 21.2 Å². The van der Waals surface area contributed by atoms with Crippen LogP contribution >= 0.6 is 23.4 Å². The van der Waals surface area contributed by atoms with E-state index in [9.17, 15) is 9.59 Å².